The van der Waals surface area contributed by atoms with Crippen molar-refractivity contribution in [2.24, 2.45) is 10.7 Å². The van der Waals surface area contributed by atoms with E-state index >= 15 is 0 Å². The van der Waals surface area contributed by atoms with Gasteiger partial charge in [-0.25, -0.2) is 0 Å². The summed E-state index contributed by atoms with van der Waals surface area (Å²) in [7, 11) is -1.75. The number of hydrogen-bond donors (Lipinski definition) is 3. The Morgan fingerprint density at radius 3 is 2.62 bits per heavy atom. The number of rotatable bonds is 12. The van der Waals surface area contributed by atoms with Crippen LogP contribution in [0.4, 0.5) is 0 Å². The molecule has 0 spiro atoms. The molecule has 0 saturated heterocycles. The molecule has 34 heavy (non-hydrogen) atoms. The number of carbonyl (C=O) groups is 1. The number of benzene rings is 1. The number of nitrogens with two attached hydrogens (primary N) is 1. The molecule has 1 unspecified atom stereocenters. The van der Waals surface area contributed by atoms with Gasteiger partial charge < -0.3 is 4.74 Å². The summed E-state index contributed by atoms with van der Waals surface area (Å²) in [5, 5.41) is 2.88. The van der Waals surface area contributed by atoms with Gasteiger partial charge in [-0.05, 0) is 32.4 Å². The van der Waals surface area contributed by atoms with Crippen LogP contribution in [0.5, 0.6) is 5.75 Å². The molecule has 1 aromatic carbocycles. The molecule has 0 saturated carbocycles. The second kappa shape index (κ2) is 12.4. The molecule has 4 N–H and O–H groups in total. The van der Waals surface area contributed by atoms with Crippen LogP contribution in [-0.2, 0) is 14.7 Å². The van der Waals surface area contributed by atoms with Crippen molar-refractivity contribution in [2.75, 3.05) is 20.1 Å². The standard InChI is InChI=1S/C22H30BN5O5S/c1-14-12-19(33-4)15(2)16(3)21(14)34(31,32)28-22(24)26-11-7-9-18(27-13-23-30)20(29)17-8-5-6-10-25-17/h5-6,8,10,12,18,27H,7,9,11,13H2,1-4H3,(H3,24,26,28). The second-order valence-electron chi connectivity index (χ2n) is 7.70. The molecule has 0 radical (unpaired) electrons. The fourth-order valence-corrected chi connectivity index (χ4v) is 5.05. The zero-order valence-corrected chi connectivity index (χ0v) is 20.6. The first kappa shape index (κ1) is 27.1. The van der Waals surface area contributed by atoms with Gasteiger partial charge in [-0.2, -0.15) is 0 Å². The molecule has 2 aromatic rings. The molecule has 1 aromatic heterocycles. The number of aliphatic imine (C=N–C) groups is 1. The Morgan fingerprint density at radius 2 is 2.00 bits per heavy atom. The van der Waals surface area contributed by atoms with Gasteiger partial charge >= 0.3 is 151 Å². The van der Waals surface area contributed by atoms with Crippen molar-refractivity contribution in [3.05, 3.63) is 52.8 Å². The van der Waals surface area contributed by atoms with Gasteiger partial charge in [0.05, 0.1) is 7.11 Å². The first-order valence-corrected chi connectivity index (χ1v) is 12.2. The molecule has 0 aliphatic rings. The number of nitrogens with one attached hydrogen (secondary N) is 2. The molecule has 2 rings (SSSR count). The molecule has 0 aliphatic heterocycles. The SMILES string of the molecule is COc1cc(C)c(S(=O)(=O)NC(N)=NCCCC(NCB=O)C(=O)c2ccccn2)c(C)c1C. The van der Waals surface area contributed by atoms with E-state index in [2.05, 4.69) is 20.0 Å². The molecule has 182 valence electrons. The number of hydrogen-bond acceptors (Lipinski definition) is 8. The second-order valence-corrected chi connectivity index (χ2v) is 9.32. The zero-order chi connectivity index (χ0) is 25.3. The number of sulfonamides is 1. The number of Topliss-reactive ketones (excluding diaryl/α,β-unsaturated/α-hetero) is 1. The number of nitrogens with zero attached hydrogens (tertiary/aromatic N) is 2. The van der Waals surface area contributed by atoms with Gasteiger partial charge in [-0.3, -0.25) is 0 Å². The van der Waals surface area contributed by atoms with Crippen molar-refractivity contribution < 1.29 is 22.7 Å². The van der Waals surface area contributed by atoms with E-state index in [0.29, 0.717) is 42.6 Å². The van der Waals surface area contributed by atoms with Crippen molar-refractivity contribution in [3.63, 3.8) is 0 Å². The molecule has 12 heteroatoms. The van der Waals surface area contributed by atoms with E-state index < -0.39 is 16.1 Å². The van der Waals surface area contributed by atoms with E-state index in [9.17, 15) is 17.9 Å². The third-order valence-corrected chi connectivity index (χ3v) is 6.96. The Hall–Kier alpha value is -3.12. The Balaban J connectivity index is 2.05. The van der Waals surface area contributed by atoms with Crippen LogP contribution in [0, 0.1) is 20.8 Å². The van der Waals surface area contributed by atoms with Gasteiger partial charge in [-0.1, -0.05) is 0 Å². The molecule has 1 atom stereocenters. The number of aromatic nitrogens is 1. The first-order chi connectivity index (χ1) is 16.1. The van der Waals surface area contributed by atoms with Crippen LogP contribution in [0.25, 0.3) is 0 Å². The van der Waals surface area contributed by atoms with Crippen molar-refractivity contribution in [1.82, 2.24) is 15.0 Å². The predicted molar refractivity (Wildman–Crippen MR) is 130 cm³/mol. The topological polar surface area (TPSA) is 153 Å². The molecular weight excluding hydrogens is 457 g/mol. The van der Waals surface area contributed by atoms with Gasteiger partial charge in [0.25, 0.3) is 0 Å². The number of guanidine groups is 1. The van der Waals surface area contributed by atoms with Gasteiger partial charge in [0.1, 0.15) is 5.75 Å². The Labute approximate surface area is 200 Å². The summed E-state index contributed by atoms with van der Waals surface area (Å²) in [5.74, 6) is 0.121. The number of carbonyl (C=O) groups excluding carboxylic acids is 1. The van der Waals surface area contributed by atoms with Gasteiger partial charge in [0.2, 0.25) is 0 Å². The average Bonchev–Trinajstić information content (AvgIpc) is 2.80. The smallest absolute Gasteiger partial charge is 0.0380 e. The average molecular weight is 487 g/mol. The summed E-state index contributed by atoms with van der Waals surface area (Å²) in [6, 6.07) is 6.06. The van der Waals surface area contributed by atoms with Crippen molar-refractivity contribution in [2.45, 2.75) is 44.6 Å². The monoisotopic (exact) mass is 487 g/mol. The maximum absolute atomic E-state index is 12.9. The van der Waals surface area contributed by atoms with Gasteiger partial charge in [0.15, 0.2) is 0 Å². The molecule has 1 heterocycles. The fraction of sp³-hybridized carbons (Fsp3) is 0.409. The summed E-state index contributed by atoms with van der Waals surface area (Å²) < 4.78 is 44.2. The van der Waals surface area contributed by atoms with Crippen LogP contribution in [-0.4, -0.2) is 58.4 Å². The Bertz CT molecular complexity index is 1160. The van der Waals surface area contributed by atoms with Crippen LogP contribution >= 0.6 is 0 Å². The molecule has 0 bridgehead atoms. The Morgan fingerprint density at radius 1 is 1.26 bits per heavy atom. The van der Waals surface area contributed by atoms with Gasteiger partial charge in [0, 0.05) is 0 Å². The minimum atomic E-state index is -3.96. The van der Waals surface area contributed by atoms with Crippen LogP contribution in [0.15, 0.2) is 40.4 Å². The fourth-order valence-electron chi connectivity index (χ4n) is 3.57. The quantitative estimate of drug-likeness (QED) is 0.133. The van der Waals surface area contributed by atoms with Gasteiger partial charge in [-0.15, -0.1) is 0 Å². The van der Waals surface area contributed by atoms with Crippen LogP contribution in [0.3, 0.4) is 0 Å². The number of pyridine rings is 1. The van der Waals surface area contributed by atoms with E-state index in [1.807, 2.05) is 0 Å². The van der Waals surface area contributed by atoms with Crippen molar-refractivity contribution in [3.8, 4) is 5.75 Å². The van der Waals surface area contributed by atoms with Crippen LogP contribution < -0.4 is 20.5 Å². The summed E-state index contributed by atoms with van der Waals surface area (Å²) in [6.07, 6.45) is 2.34. The normalized spacial score (nSPS) is 12.6. The number of methoxy groups -OCH3 is 1. The number of ketones is 1. The predicted octanol–water partition coefficient (Wildman–Crippen LogP) is 1.24. The first-order valence-electron chi connectivity index (χ1n) is 10.7. The van der Waals surface area contributed by atoms with Crippen molar-refractivity contribution in [1.29, 1.82) is 0 Å². The molecule has 10 nitrogen and oxygen atoms in total. The Kier molecular flexibility index (Phi) is 9.88. The van der Waals surface area contributed by atoms with E-state index in [1.165, 1.54) is 13.3 Å². The van der Waals surface area contributed by atoms with Crippen LogP contribution in [0.1, 0.15) is 40.0 Å². The number of ether oxygens (including phenoxy) is 1. The summed E-state index contributed by atoms with van der Waals surface area (Å²) >= 11 is 0. The van der Waals surface area contributed by atoms with E-state index in [-0.39, 0.29) is 29.6 Å². The molecule has 0 fully saturated rings. The summed E-state index contributed by atoms with van der Waals surface area (Å²) in [4.78, 5) is 20.9. The zero-order valence-electron chi connectivity index (χ0n) is 19.8. The molecule has 0 amide bonds. The minimum Gasteiger partial charge on any atom is -0.0380 e. The molecule has 0 aliphatic carbocycles. The van der Waals surface area contributed by atoms with E-state index in [0.717, 1.165) is 5.56 Å². The van der Waals surface area contributed by atoms with Crippen LogP contribution in [0.2, 0.25) is 0 Å². The minimum absolute atomic E-state index is 0.0222. The van der Waals surface area contributed by atoms with E-state index in [1.54, 1.807) is 45.0 Å². The third-order valence-electron chi connectivity index (χ3n) is 5.32. The maximum atomic E-state index is 12.9. The third kappa shape index (κ3) is 6.94. The summed E-state index contributed by atoms with van der Waals surface area (Å²) in [6.45, 7) is 5.36. The van der Waals surface area contributed by atoms with E-state index in [4.69, 9.17) is 10.5 Å². The van der Waals surface area contributed by atoms with Crippen molar-refractivity contribution >= 4 is 28.9 Å². The summed E-state index contributed by atoms with van der Waals surface area (Å²) in [5.41, 5.74) is 7.94. The molecular formula is C22H30BN5O5S. The number of aryl methyl sites for hydroxylation is 1.